The summed E-state index contributed by atoms with van der Waals surface area (Å²) >= 11 is 8.29. The molecular weight excluding hydrogens is 397 g/mol. The lowest BCUT2D eigenvalue weighted by Crippen LogP contribution is -2.12. The highest BCUT2D eigenvalue weighted by molar-refractivity contribution is 14.1. The van der Waals surface area contributed by atoms with E-state index in [9.17, 15) is 0 Å². The third kappa shape index (κ3) is 2.87. The number of fused-ring (bicyclic) bond motifs is 1. The van der Waals surface area contributed by atoms with E-state index < -0.39 is 0 Å². The Bertz CT molecular complexity index is 797. The Hall–Kier alpha value is -1.27. The number of halogens is 2. The lowest BCUT2D eigenvalue weighted by Gasteiger charge is -2.16. The monoisotopic (exact) mass is 411 g/mol. The summed E-state index contributed by atoms with van der Waals surface area (Å²) in [5.41, 5.74) is 3.24. The lowest BCUT2D eigenvalue weighted by atomic mass is 10.2. The number of hydrogen-bond donors (Lipinski definition) is 1. The molecule has 3 aromatic rings. The van der Waals surface area contributed by atoms with Crippen LogP contribution in [-0.2, 0) is 7.05 Å². The van der Waals surface area contributed by atoms with Crippen LogP contribution in [-0.4, -0.2) is 9.55 Å². The molecular formula is C16H15ClIN3. The first-order valence-corrected chi connectivity index (χ1v) is 8.15. The first-order valence-electron chi connectivity index (χ1n) is 6.69. The molecule has 0 saturated heterocycles. The SMILES string of the molecule is CC(Nc1ccc(Cl)cc1I)c1nc2ccccc2n1C. The van der Waals surface area contributed by atoms with Crippen LogP contribution in [0.3, 0.4) is 0 Å². The number of para-hydroxylation sites is 2. The van der Waals surface area contributed by atoms with Crippen molar-refractivity contribution in [3.8, 4) is 0 Å². The van der Waals surface area contributed by atoms with Crippen molar-refractivity contribution in [3.05, 3.63) is 56.9 Å². The van der Waals surface area contributed by atoms with E-state index in [1.54, 1.807) is 0 Å². The highest BCUT2D eigenvalue weighted by Gasteiger charge is 2.15. The molecule has 21 heavy (non-hydrogen) atoms. The van der Waals surface area contributed by atoms with E-state index in [0.717, 1.165) is 31.1 Å². The number of nitrogens with zero attached hydrogens (tertiary/aromatic N) is 2. The maximum absolute atomic E-state index is 6.00. The summed E-state index contributed by atoms with van der Waals surface area (Å²) in [5.74, 6) is 1.02. The van der Waals surface area contributed by atoms with Gasteiger partial charge in [-0.15, -0.1) is 0 Å². The van der Waals surface area contributed by atoms with Crippen molar-refractivity contribution < 1.29 is 0 Å². The van der Waals surface area contributed by atoms with Gasteiger partial charge in [0.25, 0.3) is 0 Å². The van der Waals surface area contributed by atoms with Crippen LogP contribution < -0.4 is 5.32 Å². The van der Waals surface area contributed by atoms with Gasteiger partial charge in [-0.3, -0.25) is 0 Å². The van der Waals surface area contributed by atoms with Crippen LogP contribution >= 0.6 is 34.2 Å². The molecule has 1 aromatic heterocycles. The van der Waals surface area contributed by atoms with Gasteiger partial charge in [0.1, 0.15) is 5.82 Å². The summed E-state index contributed by atoms with van der Waals surface area (Å²) in [4.78, 5) is 4.73. The average Bonchev–Trinajstić information content (AvgIpc) is 2.80. The molecule has 0 bridgehead atoms. The van der Waals surface area contributed by atoms with Gasteiger partial charge in [-0.1, -0.05) is 23.7 Å². The zero-order valence-corrected chi connectivity index (χ0v) is 14.7. The second-order valence-electron chi connectivity index (χ2n) is 5.01. The largest absolute Gasteiger partial charge is 0.375 e. The predicted molar refractivity (Wildman–Crippen MR) is 96.9 cm³/mol. The molecule has 1 heterocycles. The van der Waals surface area contributed by atoms with E-state index in [1.165, 1.54) is 0 Å². The van der Waals surface area contributed by atoms with Crippen molar-refractivity contribution in [3.63, 3.8) is 0 Å². The Labute approximate surface area is 142 Å². The zero-order valence-electron chi connectivity index (χ0n) is 11.8. The first kappa shape index (κ1) is 14.7. The van der Waals surface area contributed by atoms with Gasteiger partial charge in [-0.2, -0.15) is 0 Å². The Balaban J connectivity index is 1.93. The highest BCUT2D eigenvalue weighted by atomic mass is 127. The molecule has 2 aromatic carbocycles. The number of aryl methyl sites for hydroxylation is 1. The lowest BCUT2D eigenvalue weighted by molar-refractivity contribution is 0.733. The number of hydrogen-bond acceptors (Lipinski definition) is 2. The number of aromatic nitrogens is 2. The molecule has 5 heteroatoms. The molecule has 0 saturated carbocycles. The zero-order chi connectivity index (χ0) is 15.0. The summed E-state index contributed by atoms with van der Waals surface area (Å²) in [6.07, 6.45) is 0. The molecule has 0 radical (unpaired) electrons. The van der Waals surface area contributed by atoms with E-state index in [0.29, 0.717) is 0 Å². The van der Waals surface area contributed by atoms with Gasteiger partial charge < -0.3 is 9.88 Å². The first-order chi connectivity index (χ1) is 10.1. The maximum Gasteiger partial charge on any atom is 0.131 e. The quantitative estimate of drug-likeness (QED) is 0.614. The molecule has 0 spiro atoms. The van der Waals surface area contributed by atoms with Crippen molar-refractivity contribution in [2.75, 3.05) is 5.32 Å². The van der Waals surface area contributed by atoms with Crippen LogP contribution in [0.1, 0.15) is 18.8 Å². The van der Waals surface area contributed by atoms with Crippen molar-refractivity contribution in [2.24, 2.45) is 7.05 Å². The van der Waals surface area contributed by atoms with Gasteiger partial charge >= 0.3 is 0 Å². The summed E-state index contributed by atoms with van der Waals surface area (Å²) in [7, 11) is 2.05. The molecule has 108 valence electrons. The molecule has 0 aliphatic carbocycles. The normalized spacial score (nSPS) is 12.6. The fraction of sp³-hybridized carbons (Fsp3) is 0.188. The Kier molecular flexibility index (Phi) is 4.08. The average molecular weight is 412 g/mol. The predicted octanol–water partition coefficient (Wildman–Crippen LogP) is 5.00. The molecule has 1 unspecified atom stereocenters. The van der Waals surface area contributed by atoms with Crippen LogP contribution in [0.5, 0.6) is 0 Å². The van der Waals surface area contributed by atoms with Gasteiger partial charge in [-0.05, 0) is 59.8 Å². The Morgan fingerprint density at radius 3 is 2.71 bits per heavy atom. The number of imidazole rings is 1. The maximum atomic E-state index is 6.00. The standard InChI is InChI=1S/C16H15ClIN3/c1-10(19-13-8-7-11(17)9-12(13)18)16-20-14-5-3-4-6-15(14)21(16)2/h3-10,19H,1-2H3. The van der Waals surface area contributed by atoms with Crippen LogP contribution in [0.25, 0.3) is 11.0 Å². The third-order valence-electron chi connectivity index (χ3n) is 3.51. The van der Waals surface area contributed by atoms with Crippen molar-refractivity contribution in [2.45, 2.75) is 13.0 Å². The third-order valence-corrected chi connectivity index (χ3v) is 4.64. The van der Waals surface area contributed by atoms with Crippen molar-refractivity contribution in [1.29, 1.82) is 0 Å². The molecule has 0 fully saturated rings. The summed E-state index contributed by atoms with van der Waals surface area (Å²) in [5, 5.41) is 4.26. The van der Waals surface area contributed by atoms with Crippen LogP contribution in [0.2, 0.25) is 5.02 Å². The molecule has 1 N–H and O–H groups in total. The summed E-state index contributed by atoms with van der Waals surface area (Å²) in [6, 6.07) is 14.1. The second kappa shape index (κ2) is 5.85. The Morgan fingerprint density at radius 2 is 2.00 bits per heavy atom. The minimum atomic E-state index is 0.108. The van der Waals surface area contributed by atoms with Crippen LogP contribution in [0.4, 0.5) is 5.69 Å². The molecule has 0 aliphatic heterocycles. The number of benzene rings is 2. The molecule has 0 aliphatic rings. The minimum absolute atomic E-state index is 0.108. The van der Waals surface area contributed by atoms with E-state index in [-0.39, 0.29) is 6.04 Å². The van der Waals surface area contributed by atoms with E-state index in [1.807, 2.05) is 36.4 Å². The fourth-order valence-corrected chi connectivity index (χ4v) is 3.48. The number of anilines is 1. The molecule has 1 atom stereocenters. The summed E-state index contributed by atoms with van der Waals surface area (Å²) < 4.78 is 3.24. The number of rotatable bonds is 3. The highest BCUT2D eigenvalue weighted by Crippen LogP contribution is 2.27. The van der Waals surface area contributed by atoms with E-state index >= 15 is 0 Å². The summed E-state index contributed by atoms with van der Waals surface area (Å²) in [6.45, 7) is 2.12. The number of nitrogens with one attached hydrogen (secondary N) is 1. The van der Waals surface area contributed by atoms with Gasteiger partial charge in [0, 0.05) is 21.3 Å². The Morgan fingerprint density at radius 1 is 1.24 bits per heavy atom. The minimum Gasteiger partial charge on any atom is -0.375 e. The van der Waals surface area contributed by atoms with Crippen LogP contribution in [0, 0.1) is 3.57 Å². The molecule has 3 nitrogen and oxygen atoms in total. The van der Waals surface area contributed by atoms with Gasteiger partial charge in [0.2, 0.25) is 0 Å². The van der Waals surface area contributed by atoms with Gasteiger partial charge in [0.05, 0.1) is 17.1 Å². The van der Waals surface area contributed by atoms with Crippen LogP contribution in [0.15, 0.2) is 42.5 Å². The van der Waals surface area contributed by atoms with Crippen molar-refractivity contribution >= 4 is 50.9 Å². The second-order valence-corrected chi connectivity index (χ2v) is 6.61. The van der Waals surface area contributed by atoms with E-state index in [4.69, 9.17) is 16.6 Å². The van der Waals surface area contributed by atoms with Crippen molar-refractivity contribution in [1.82, 2.24) is 9.55 Å². The van der Waals surface area contributed by atoms with Gasteiger partial charge in [0.15, 0.2) is 0 Å². The molecule has 3 rings (SSSR count). The topological polar surface area (TPSA) is 29.9 Å². The smallest absolute Gasteiger partial charge is 0.131 e. The van der Waals surface area contributed by atoms with E-state index in [2.05, 4.69) is 52.5 Å². The van der Waals surface area contributed by atoms with Gasteiger partial charge in [-0.25, -0.2) is 4.98 Å². The molecule has 0 amide bonds. The fourth-order valence-electron chi connectivity index (χ4n) is 2.46.